The Hall–Kier alpha value is -2.53. The fraction of sp³-hybridized carbons (Fsp3) is 0.633. The summed E-state index contributed by atoms with van der Waals surface area (Å²) in [5, 5.41) is 16.3. The predicted molar refractivity (Wildman–Crippen MR) is 182 cm³/mol. The Bertz CT molecular complexity index is 1490. The summed E-state index contributed by atoms with van der Waals surface area (Å²) in [6, 6.07) is 0.845. The summed E-state index contributed by atoms with van der Waals surface area (Å²) in [6.07, 6.45) is 0.0465. The molecule has 4 rings (SSSR count). The van der Waals surface area contributed by atoms with Crippen LogP contribution in [0.5, 0.6) is 0 Å². The van der Waals surface area contributed by atoms with Gasteiger partial charge in [0.25, 0.3) is 0 Å². The Morgan fingerprint density at radius 3 is 2.38 bits per heavy atom. The highest BCUT2D eigenvalue weighted by molar-refractivity contribution is 14.1. The molecule has 15 heteroatoms. The summed E-state index contributed by atoms with van der Waals surface area (Å²) in [4.78, 5) is 48.2. The van der Waals surface area contributed by atoms with Gasteiger partial charge in [0.05, 0.1) is 15.8 Å². The second-order valence-corrected chi connectivity index (χ2v) is 15.8. The van der Waals surface area contributed by atoms with Crippen LogP contribution in [0.1, 0.15) is 60.8 Å². The molecule has 0 aliphatic carbocycles. The van der Waals surface area contributed by atoms with E-state index in [0.717, 1.165) is 0 Å². The lowest BCUT2D eigenvalue weighted by molar-refractivity contribution is -0.383. The number of halogens is 3. The number of nitrogens with zero attached hydrogens (tertiary/aromatic N) is 5. The van der Waals surface area contributed by atoms with Crippen molar-refractivity contribution in [3.05, 3.63) is 30.0 Å². The molecule has 1 amide bonds. The second-order valence-electron chi connectivity index (χ2n) is 13.8. The van der Waals surface area contributed by atoms with E-state index in [9.17, 15) is 19.7 Å². The lowest BCUT2D eigenvalue weighted by Crippen LogP contribution is -2.58. The molecule has 2 fully saturated rings. The number of amides is 1. The monoisotopic (exact) mass is 806 g/mol. The molecule has 0 spiro atoms. The van der Waals surface area contributed by atoms with Crippen molar-refractivity contribution in [1.82, 2.24) is 14.8 Å². The fourth-order valence-electron chi connectivity index (χ4n) is 5.49. The molecule has 0 radical (unpaired) electrons. The molecular formula is C30H41BrFIN6O6. The first-order valence-electron chi connectivity index (χ1n) is 14.8. The molecule has 2 aliphatic rings. The minimum atomic E-state index is -0.743. The largest absolute Gasteiger partial charge is 0.460 e. The third-order valence-corrected chi connectivity index (χ3v) is 10.0. The van der Waals surface area contributed by atoms with E-state index in [1.165, 1.54) is 4.90 Å². The normalized spacial score (nSPS) is 19.5. The third-order valence-electron chi connectivity index (χ3n) is 7.66. The van der Waals surface area contributed by atoms with Gasteiger partial charge in [0.2, 0.25) is 5.82 Å². The van der Waals surface area contributed by atoms with E-state index in [4.69, 9.17) is 9.47 Å². The number of hydrogen-bond acceptors (Lipinski definition) is 10. The number of pyridine rings is 1. The van der Waals surface area contributed by atoms with Gasteiger partial charge in [0, 0.05) is 46.7 Å². The van der Waals surface area contributed by atoms with Gasteiger partial charge in [-0.05, 0) is 113 Å². The SMILES string of the molecule is CN(C)C1CN(c2nc3c(F)c(Br)c(I)cc3c(N[C@H]3CCN(C(=O)OC(C)(C)C)[C@H](CC(=O)OC(C)(C)C)C3)c2[N+](=O)[O-])C1. The van der Waals surface area contributed by atoms with Gasteiger partial charge in [-0.2, -0.15) is 0 Å². The van der Waals surface area contributed by atoms with Crippen LogP contribution in [0.3, 0.4) is 0 Å². The number of likely N-dealkylation sites (N-methyl/N-ethyl adjacent to an activating group) is 1. The molecule has 1 N–H and O–H groups in total. The van der Waals surface area contributed by atoms with E-state index in [2.05, 4.69) is 26.2 Å². The molecule has 0 saturated carbocycles. The maximum absolute atomic E-state index is 15.7. The average Bonchev–Trinajstić information content (AvgIpc) is 2.84. The maximum atomic E-state index is 15.7. The molecule has 2 aliphatic heterocycles. The first-order valence-corrected chi connectivity index (χ1v) is 16.7. The second kappa shape index (κ2) is 13.3. The molecule has 2 atom stereocenters. The van der Waals surface area contributed by atoms with Crippen LogP contribution < -0.4 is 10.2 Å². The summed E-state index contributed by atoms with van der Waals surface area (Å²) in [5.74, 6) is -0.987. The van der Waals surface area contributed by atoms with Gasteiger partial charge < -0.3 is 29.5 Å². The minimum absolute atomic E-state index is 0.00944. The number of piperidine rings is 1. The van der Waals surface area contributed by atoms with Crippen molar-refractivity contribution >= 4 is 78.7 Å². The van der Waals surface area contributed by atoms with E-state index in [1.54, 1.807) is 52.5 Å². The van der Waals surface area contributed by atoms with Crippen molar-refractivity contribution in [1.29, 1.82) is 0 Å². The van der Waals surface area contributed by atoms with Gasteiger partial charge in [0.15, 0.2) is 5.82 Å². The van der Waals surface area contributed by atoms with Crippen LogP contribution in [0.4, 0.5) is 26.4 Å². The number of rotatable bonds is 7. The maximum Gasteiger partial charge on any atom is 0.410 e. The van der Waals surface area contributed by atoms with Gasteiger partial charge in [-0.3, -0.25) is 14.9 Å². The Labute approximate surface area is 284 Å². The van der Waals surface area contributed by atoms with E-state index < -0.39 is 46.1 Å². The quantitative estimate of drug-likeness (QED) is 0.112. The molecule has 45 heavy (non-hydrogen) atoms. The first-order chi connectivity index (χ1) is 20.8. The van der Waals surface area contributed by atoms with E-state index >= 15 is 4.39 Å². The van der Waals surface area contributed by atoms with Crippen LogP contribution >= 0.6 is 38.5 Å². The number of carbonyl (C=O) groups is 2. The van der Waals surface area contributed by atoms with Crippen LogP contribution in [0.25, 0.3) is 10.9 Å². The molecule has 0 unspecified atom stereocenters. The van der Waals surface area contributed by atoms with E-state index in [1.807, 2.05) is 41.6 Å². The molecule has 3 heterocycles. The van der Waals surface area contributed by atoms with Crippen molar-refractivity contribution < 1.29 is 28.4 Å². The molecule has 12 nitrogen and oxygen atoms in total. The Balaban J connectivity index is 1.75. The zero-order chi connectivity index (χ0) is 33.6. The molecular weight excluding hydrogens is 766 g/mol. The first kappa shape index (κ1) is 35.3. The third kappa shape index (κ3) is 8.25. The number of nitro groups is 1. The zero-order valence-electron chi connectivity index (χ0n) is 26.9. The summed E-state index contributed by atoms with van der Waals surface area (Å²) >= 11 is 5.27. The molecule has 1 aromatic heterocycles. The Kier molecular flexibility index (Phi) is 10.4. The van der Waals surface area contributed by atoms with Crippen LogP contribution in [-0.4, -0.2) is 94.8 Å². The van der Waals surface area contributed by atoms with Crippen molar-refractivity contribution in [2.75, 3.05) is 43.9 Å². The number of ether oxygens (including phenoxy) is 2. The minimum Gasteiger partial charge on any atom is -0.460 e. The van der Waals surface area contributed by atoms with Crippen molar-refractivity contribution in [2.24, 2.45) is 0 Å². The van der Waals surface area contributed by atoms with Crippen LogP contribution in [0.15, 0.2) is 10.5 Å². The van der Waals surface area contributed by atoms with E-state index in [-0.39, 0.29) is 58.0 Å². The highest BCUT2D eigenvalue weighted by Gasteiger charge is 2.40. The smallest absolute Gasteiger partial charge is 0.410 e. The molecule has 0 bridgehead atoms. The molecule has 2 aromatic rings. The number of aromatic nitrogens is 1. The number of hydrogen-bond donors (Lipinski definition) is 1. The number of carbonyl (C=O) groups excluding carboxylic acids is 2. The summed E-state index contributed by atoms with van der Waals surface area (Å²) < 4.78 is 27.6. The number of benzene rings is 1. The fourth-order valence-corrected chi connectivity index (χ4v) is 6.34. The molecule has 1 aromatic carbocycles. The standard InChI is InChI=1S/C30H41BrFIN6O6/c1-29(2,3)44-21(40)12-17-11-16(9-10-38(17)28(41)45-30(4,5)6)34-25-19-13-20(33)22(31)23(32)24(19)35-27(26(25)39(42)43)37-14-18(15-37)36(7)8/h13,16-18H,9-12,14-15H2,1-8H3,(H,34,35)/t16-,17-/m0/s1. The van der Waals surface area contributed by atoms with Gasteiger partial charge in [-0.1, -0.05) is 0 Å². The number of anilines is 2. The predicted octanol–water partition coefficient (Wildman–Crippen LogP) is 6.31. The van der Waals surface area contributed by atoms with Crippen molar-refractivity contribution in [3.63, 3.8) is 0 Å². The van der Waals surface area contributed by atoms with Crippen molar-refractivity contribution in [3.8, 4) is 0 Å². The van der Waals surface area contributed by atoms with Gasteiger partial charge in [0.1, 0.15) is 22.4 Å². The van der Waals surface area contributed by atoms with Crippen LogP contribution in [-0.2, 0) is 14.3 Å². The molecule has 248 valence electrons. The highest BCUT2D eigenvalue weighted by atomic mass is 127. The lowest BCUT2D eigenvalue weighted by Gasteiger charge is -2.43. The zero-order valence-corrected chi connectivity index (χ0v) is 30.6. The number of fused-ring (bicyclic) bond motifs is 1. The summed E-state index contributed by atoms with van der Waals surface area (Å²) in [7, 11) is 3.88. The number of likely N-dealkylation sites (tertiary alicyclic amines) is 1. The molecule has 2 saturated heterocycles. The van der Waals surface area contributed by atoms with E-state index in [0.29, 0.717) is 23.1 Å². The Morgan fingerprint density at radius 2 is 1.82 bits per heavy atom. The van der Waals surface area contributed by atoms with Crippen LogP contribution in [0.2, 0.25) is 0 Å². The lowest BCUT2D eigenvalue weighted by atomic mass is 9.94. The number of esters is 1. The Morgan fingerprint density at radius 1 is 1.20 bits per heavy atom. The van der Waals surface area contributed by atoms with Crippen LogP contribution in [0, 0.1) is 19.5 Å². The van der Waals surface area contributed by atoms with Gasteiger partial charge >= 0.3 is 17.7 Å². The van der Waals surface area contributed by atoms with Gasteiger partial charge in [-0.25, -0.2) is 14.2 Å². The summed E-state index contributed by atoms with van der Waals surface area (Å²) in [6.45, 7) is 11.9. The highest BCUT2D eigenvalue weighted by Crippen LogP contribution is 2.44. The average molecular weight is 807 g/mol. The van der Waals surface area contributed by atoms with Gasteiger partial charge in [-0.15, -0.1) is 0 Å². The van der Waals surface area contributed by atoms with Crippen molar-refractivity contribution in [2.45, 2.75) is 90.1 Å². The number of nitrogens with one attached hydrogen (secondary N) is 1. The summed E-state index contributed by atoms with van der Waals surface area (Å²) in [5.41, 5.74) is -1.53. The topological polar surface area (TPSA) is 130 Å².